The van der Waals surface area contributed by atoms with E-state index in [1.807, 2.05) is 19.2 Å². The SMILES string of the molecule is CCn1ccc(C(=O)NCC2Cn3cccc3CN2Cc2ccccc2)n1. The van der Waals surface area contributed by atoms with E-state index in [2.05, 4.69) is 62.5 Å². The number of carbonyl (C=O) groups excluding carboxylic acids is 1. The Bertz CT molecular complexity index is 898. The van der Waals surface area contributed by atoms with Crippen LogP contribution in [0.4, 0.5) is 0 Å². The van der Waals surface area contributed by atoms with Gasteiger partial charge >= 0.3 is 0 Å². The minimum absolute atomic E-state index is 0.111. The van der Waals surface area contributed by atoms with E-state index in [1.54, 1.807) is 10.7 Å². The van der Waals surface area contributed by atoms with Crippen LogP contribution in [0.25, 0.3) is 0 Å². The van der Waals surface area contributed by atoms with Crippen molar-refractivity contribution in [2.75, 3.05) is 6.54 Å². The zero-order valence-corrected chi connectivity index (χ0v) is 15.6. The highest BCUT2D eigenvalue weighted by Crippen LogP contribution is 2.20. The number of aryl methyl sites for hydroxylation is 1. The average Bonchev–Trinajstić information content (AvgIpc) is 3.35. The first kappa shape index (κ1) is 17.5. The number of benzene rings is 1. The third-order valence-corrected chi connectivity index (χ3v) is 5.14. The number of nitrogens with one attached hydrogen (secondary N) is 1. The molecule has 0 spiro atoms. The first-order valence-corrected chi connectivity index (χ1v) is 9.46. The fourth-order valence-corrected chi connectivity index (χ4v) is 3.61. The number of aromatic nitrogens is 3. The fraction of sp³-hybridized carbons (Fsp3) is 0.333. The van der Waals surface area contributed by atoms with Crippen LogP contribution in [0.5, 0.6) is 0 Å². The Kier molecular flexibility index (Phi) is 5.07. The van der Waals surface area contributed by atoms with Gasteiger partial charge in [0.25, 0.3) is 5.91 Å². The van der Waals surface area contributed by atoms with Crippen LogP contribution in [0.1, 0.15) is 28.7 Å². The van der Waals surface area contributed by atoms with E-state index >= 15 is 0 Å². The summed E-state index contributed by atoms with van der Waals surface area (Å²) in [4.78, 5) is 14.9. The third kappa shape index (κ3) is 3.95. The summed E-state index contributed by atoms with van der Waals surface area (Å²) >= 11 is 0. The van der Waals surface area contributed by atoms with Gasteiger partial charge in [-0.3, -0.25) is 14.4 Å². The minimum Gasteiger partial charge on any atom is -0.349 e. The van der Waals surface area contributed by atoms with Gasteiger partial charge in [0.05, 0.1) is 0 Å². The van der Waals surface area contributed by atoms with Crippen molar-refractivity contribution in [3.05, 3.63) is 77.9 Å². The van der Waals surface area contributed by atoms with Gasteiger partial charge in [-0.1, -0.05) is 30.3 Å². The van der Waals surface area contributed by atoms with Crippen molar-refractivity contribution in [2.45, 2.75) is 39.1 Å². The number of carbonyl (C=O) groups is 1. The second-order valence-corrected chi connectivity index (χ2v) is 6.96. The van der Waals surface area contributed by atoms with Gasteiger partial charge in [0, 0.05) is 56.9 Å². The van der Waals surface area contributed by atoms with Crippen molar-refractivity contribution in [1.29, 1.82) is 0 Å². The maximum atomic E-state index is 12.5. The van der Waals surface area contributed by atoms with E-state index in [0.29, 0.717) is 12.2 Å². The third-order valence-electron chi connectivity index (χ3n) is 5.14. The average molecular weight is 363 g/mol. The lowest BCUT2D eigenvalue weighted by molar-refractivity contribution is 0.0893. The van der Waals surface area contributed by atoms with E-state index in [9.17, 15) is 4.79 Å². The Morgan fingerprint density at radius 2 is 2.00 bits per heavy atom. The summed E-state index contributed by atoms with van der Waals surface area (Å²) in [6, 6.07) is 16.8. The molecule has 1 unspecified atom stereocenters. The summed E-state index contributed by atoms with van der Waals surface area (Å²) in [6.07, 6.45) is 3.95. The van der Waals surface area contributed by atoms with Gasteiger partial charge in [0.1, 0.15) is 5.69 Å². The van der Waals surface area contributed by atoms with E-state index in [4.69, 9.17) is 0 Å². The number of fused-ring (bicyclic) bond motifs is 1. The van der Waals surface area contributed by atoms with E-state index < -0.39 is 0 Å². The first-order valence-electron chi connectivity index (χ1n) is 9.46. The Hall–Kier alpha value is -2.86. The molecule has 0 bridgehead atoms. The smallest absolute Gasteiger partial charge is 0.271 e. The molecular weight excluding hydrogens is 338 g/mol. The second-order valence-electron chi connectivity index (χ2n) is 6.96. The quantitative estimate of drug-likeness (QED) is 0.732. The van der Waals surface area contributed by atoms with Crippen LogP contribution in [0.3, 0.4) is 0 Å². The summed E-state index contributed by atoms with van der Waals surface area (Å²) in [5.74, 6) is -0.111. The highest BCUT2D eigenvalue weighted by molar-refractivity contribution is 5.92. The van der Waals surface area contributed by atoms with Crippen LogP contribution < -0.4 is 5.32 Å². The number of amides is 1. The molecule has 1 atom stereocenters. The van der Waals surface area contributed by atoms with Crippen molar-refractivity contribution in [3.8, 4) is 0 Å². The topological polar surface area (TPSA) is 55.1 Å². The molecule has 1 aliphatic rings. The Balaban J connectivity index is 1.45. The van der Waals surface area contributed by atoms with Crippen LogP contribution >= 0.6 is 0 Å². The number of hydrogen-bond donors (Lipinski definition) is 1. The predicted molar refractivity (Wildman–Crippen MR) is 104 cm³/mol. The molecule has 140 valence electrons. The lowest BCUT2D eigenvalue weighted by Crippen LogP contribution is -2.48. The highest BCUT2D eigenvalue weighted by Gasteiger charge is 2.26. The van der Waals surface area contributed by atoms with Crippen molar-refractivity contribution in [2.24, 2.45) is 0 Å². The lowest BCUT2D eigenvalue weighted by Gasteiger charge is -2.37. The highest BCUT2D eigenvalue weighted by atomic mass is 16.1. The molecule has 0 saturated heterocycles. The van der Waals surface area contributed by atoms with Crippen LogP contribution in [0.2, 0.25) is 0 Å². The predicted octanol–water partition coefficient (Wildman–Crippen LogP) is 2.52. The largest absolute Gasteiger partial charge is 0.349 e. The molecular formula is C21H25N5O. The molecule has 0 aliphatic carbocycles. The van der Waals surface area contributed by atoms with Gasteiger partial charge in [-0.15, -0.1) is 0 Å². The molecule has 6 heteroatoms. The maximum Gasteiger partial charge on any atom is 0.271 e. The van der Waals surface area contributed by atoms with Crippen molar-refractivity contribution in [3.63, 3.8) is 0 Å². The molecule has 1 aromatic carbocycles. The molecule has 4 rings (SSSR count). The van der Waals surface area contributed by atoms with Gasteiger partial charge in [-0.05, 0) is 30.7 Å². The Labute approximate surface area is 159 Å². The fourth-order valence-electron chi connectivity index (χ4n) is 3.61. The summed E-state index contributed by atoms with van der Waals surface area (Å²) in [7, 11) is 0. The molecule has 1 amide bonds. The molecule has 3 heterocycles. The summed E-state index contributed by atoms with van der Waals surface area (Å²) in [5, 5.41) is 7.37. The molecule has 1 aliphatic heterocycles. The minimum atomic E-state index is -0.111. The van der Waals surface area contributed by atoms with Crippen molar-refractivity contribution >= 4 is 5.91 Å². The summed E-state index contributed by atoms with van der Waals surface area (Å²) in [5.41, 5.74) is 3.08. The zero-order chi connectivity index (χ0) is 18.6. The van der Waals surface area contributed by atoms with Crippen molar-refractivity contribution < 1.29 is 4.79 Å². The first-order chi connectivity index (χ1) is 13.2. The second kappa shape index (κ2) is 7.80. The van der Waals surface area contributed by atoms with Crippen LogP contribution in [0.15, 0.2) is 60.9 Å². The van der Waals surface area contributed by atoms with E-state index in [-0.39, 0.29) is 11.9 Å². The van der Waals surface area contributed by atoms with Gasteiger partial charge in [0.15, 0.2) is 0 Å². The standard InChI is InChI=1S/C21H25N5O/c1-2-26-12-10-20(23-26)21(27)22-13-19-16-24-11-6-9-18(24)15-25(19)14-17-7-4-3-5-8-17/h3-12,19H,2,13-16H2,1H3,(H,22,27). The maximum absolute atomic E-state index is 12.5. The van der Waals surface area contributed by atoms with Gasteiger partial charge in [0.2, 0.25) is 0 Å². The van der Waals surface area contributed by atoms with Crippen LogP contribution in [-0.4, -0.2) is 37.7 Å². The number of rotatable bonds is 6. The molecule has 0 saturated carbocycles. The molecule has 0 fully saturated rings. The number of nitrogens with zero attached hydrogens (tertiary/aromatic N) is 4. The summed E-state index contributed by atoms with van der Waals surface area (Å²) in [6.45, 7) is 6.00. The molecule has 3 aromatic rings. The molecule has 1 N–H and O–H groups in total. The van der Waals surface area contributed by atoms with E-state index in [1.165, 1.54) is 11.3 Å². The summed E-state index contributed by atoms with van der Waals surface area (Å²) < 4.78 is 4.05. The lowest BCUT2D eigenvalue weighted by atomic mass is 10.1. The van der Waals surface area contributed by atoms with Crippen LogP contribution in [-0.2, 0) is 26.2 Å². The Morgan fingerprint density at radius 3 is 2.78 bits per heavy atom. The molecule has 0 radical (unpaired) electrons. The molecule has 2 aromatic heterocycles. The molecule has 6 nitrogen and oxygen atoms in total. The molecule has 27 heavy (non-hydrogen) atoms. The van der Waals surface area contributed by atoms with E-state index in [0.717, 1.165) is 26.2 Å². The normalized spacial score (nSPS) is 16.9. The monoisotopic (exact) mass is 363 g/mol. The van der Waals surface area contributed by atoms with Crippen molar-refractivity contribution in [1.82, 2.24) is 24.6 Å². The van der Waals surface area contributed by atoms with Crippen LogP contribution in [0, 0.1) is 0 Å². The zero-order valence-electron chi connectivity index (χ0n) is 15.6. The van der Waals surface area contributed by atoms with Gasteiger partial charge in [-0.25, -0.2) is 0 Å². The van der Waals surface area contributed by atoms with Gasteiger partial charge in [-0.2, -0.15) is 5.10 Å². The van der Waals surface area contributed by atoms with Gasteiger partial charge < -0.3 is 9.88 Å². The Morgan fingerprint density at radius 1 is 1.15 bits per heavy atom. The number of hydrogen-bond acceptors (Lipinski definition) is 3.